The first-order valence-corrected chi connectivity index (χ1v) is 6.51. The van der Waals surface area contributed by atoms with E-state index in [2.05, 4.69) is 10.2 Å². The molecule has 0 aromatic heterocycles. The molecule has 2 N–H and O–H groups in total. The Morgan fingerprint density at radius 3 is 2.58 bits per heavy atom. The summed E-state index contributed by atoms with van der Waals surface area (Å²) in [6, 6.07) is -0.275. The fourth-order valence-electron chi connectivity index (χ4n) is 1.99. The third-order valence-electron chi connectivity index (χ3n) is 3.30. The number of rotatable bonds is 7. The number of carboxylic acid groups (broad SMARTS) is 1. The van der Waals surface area contributed by atoms with E-state index in [9.17, 15) is 9.59 Å². The van der Waals surface area contributed by atoms with Gasteiger partial charge in [-0.05, 0) is 25.9 Å². The minimum Gasteiger partial charge on any atom is -0.479 e. The molecule has 7 heteroatoms. The van der Waals surface area contributed by atoms with Crippen molar-refractivity contribution in [1.29, 1.82) is 0 Å². The van der Waals surface area contributed by atoms with E-state index in [4.69, 9.17) is 9.84 Å². The molecule has 0 aromatic carbocycles. The number of methoxy groups -OCH3 is 1. The predicted molar refractivity (Wildman–Crippen MR) is 70.1 cm³/mol. The van der Waals surface area contributed by atoms with Crippen molar-refractivity contribution in [2.45, 2.75) is 18.9 Å². The van der Waals surface area contributed by atoms with Crippen LogP contribution in [0.15, 0.2) is 0 Å². The SMILES string of the molecule is COC(CNC(=O)N(C)CCN1CCCC1)C(=O)O. The number of carbonyl (C=O) groups is 2. The third kappa shape index (κ3) is 5.44. The molecule has 0 radical (unpaired) electrons. The van der Waals surface area contributed by atoms with E-state index >= 15 is 0 Å². The summed E-state index contributed by atoms with van der Waals surface area (Å²) in [4.78, 5) is 26.3. The van der Waals surface area contributed by atoms with Crippen molar-refractivity contribution in [3.05, 3.63) is 0 Å². The lowest BCUT2D eigenvalue weighted by atomic mass is 10.3. The van der Waals surface area contributed by atoms with Crippen molar-refractivity contribution in [3.8, 4) is 0 Å². The fourth-order valence-corrected chi connectivity index (χ4v) is 1.99. The molecule has 0 saturated carbocycles. The topological polar surface area (TPSA) is 82.1 Å². The summed E-state index contributed by atoms with van der Waals surface area (Å²) in [5.74, 6) is -1.08. The van der Waals surface area contributed by atoms with Crippen LogP contribution in [-0.2, 0) is 9.53 Å². The Morgan fingerprint density at radius 2 is 2.05 bits per heavy atom. The van der Waals surface area contributed by atoms with Crippen LogP contribution in [0, 0.1) is 0 Å². The molecule has 2 amide bonds. The van der Waals surface area contributed by atoms with E-state index in [1.165, 1.54) is 20.0 Å². The lowest BCUT2D eigenvalue weighted by Crippen LogP contribution is -2.45. The summed E-state index contributed by atoms with van der Waals surface area (Å²) in [6.45, 7) is 3.66. The Bertz CT molecular complexity index is 305. The second-order valence-electron chi connectivity index (χ2n) is 4.72. The normalized spacial score (nSPS) is 17.2. The third-order valence-corrected chi connectivity index (χ3v) is 3.30. The molecule has 0 spiro atoms. The molecule has 0 aliphatic carbocycles. The van der Waals surface area contributed by atoms with Crippen LogP contribution in [0.1, 0.15) is 12.8 Å². The summed E-state index contributed by atoms with van der Waals surface area (Å²) >= 11 is 0. The quantitative estimate of drug-likeness (QED) is 0.672. The summed E-state index contributed by atoms with van der Waals surface area (Å²) in [5, 5.41) is 11.3. The molecular formula is C12H23N3O4. The highest BCUT2D eigenvalue weighted by molar-refractivity contribution is 5.76. The largest absolute Gasteiger partial charge is 0.479 e. The number of urea groups is 1. The molecule has 0 bridgehead atoms. The molecule has 1 fully saturated rings. The van der Waals surface area contributed by atoms with Gasteiger partial charge in [0.05, 0.1) is 6.54 Å². The fraction of sp³-hybridized carbons (Fsp3) is 0.833. The first-order chi connectivity index (χ1) is 9.04. The summed E-state index contributed by atoms with van der Waals surface area (Å²) in [6.07, 6.45) is 1.45. The Kier molecular flexibility index (Phi) is 6.58. The Hall–Kier alpha value is -1.34. The van der Waals surface area contributed by atoms with Gasteiger partial charge in [0.2, 0.25) is 0 Å². The van der Waals surface area contributed by atoms with Gasteiger partial charge in [0.1, 0.15) is 0 Å². The van der Waals surface area contributed by atoms with Gasteiger partial charge in [-0.1, -0.05) is 0 Å². The zero-order valence-electron chi connectivity index (χ0n) is 11.6. The molecule has 1 atom stereocenters. The Balaban J connectivity index is 2.21. The highest BCUT2D eigenvalue weighted by Crippen LogP contribution is 2.06. The molecular weight excluding hydrogens is 250 g/mol. The van der Waals surface area contributed by atoms with Crippen LogP contribution in [0.2, 0.25) is 0 Å². The number of carbonyl (C=O) groups excluding carboxylic acids is 1. The van der Waals surface area contributed by atoms with Crippen LogP contribution >= 0.6 is 0 Å². The van der Waals surface area contributed by atoms with Crippen molar-refractivity contribution < 1.29 is 19.4 Å². The molecule has 1 saturated heterocycles. The van der Waals surface area contributed by atoms with Crippen LogP contribution in [0.25, 0.3) is 0 Å². The first kappa shape index (κ1) is 15.7. The molecule has 7 nitrogen and oxygen atoms in total. The number of aliphatic carboxylic acids is 1. The molecule has 0 aromatic rings. The molecule has 19 heavy (non-hydrogen) atoms. The van der Waals surface area contributed by atoms with Crippen LogP contribution < -0.4 is 5.32 Å². The number of likely N-dealkylation sites (tertiary alicyclic amines) is 1. The lowest BCUT2D eigenvalue weighted by molar-refractivity contribution is -0.148. The predicted octanol–water partition coefficient (Wildman–Crippen LogP) is -0.177. The van der Waals surface area contributed by atoms with Gasteiger partial charge in [0.25, 0.3) is 0 Å². The number of ether oxygens (including phenoxy) is 1. The number of nitrogens with one attached hydrogen (secondary N) is 1. The van der Waals surface area contributed by atoms with Gasteiger partial charge in [-0.2, -0.15) is 0 Å². The molecule has 1 rings (SSSR count). The minimum absolute atomic E-state index is 0.0290. The van der Waals surface area contributed by atoms with Gasteiger partial charge in [-0.25, -0.2) is 9.59 Å². The van der Waals surface area contributed by atoms with Gasteiger partial charge in [0.15, 0.2) is 6.10 Å². The number of hydrogen-bond donors (Lipinski definition) is 2. The van der Waals surface area contributed by atoms with Crippen molar-refractivity contribution >= 4 is 12.0 Å². The van der Waals surface area contributed by atoms with Gasteiger partial charge < -0.3 is 25.0 Å². The zero-order valence-corrected chi connectivity index (χ0v) is 11.6. The highest BCUT2D eigenvalue weighted by atomic mass is 16.5. The average molecular weight is 273 g/mol. The maximum absolute atomic E-state index is 11.7. The average Bonchev–Trinajstić information content (AvgIpc) is 2.89. The van der Waals surface area contributed by atoms with E-state index in [1.807, 2.05) is 0 Å². The van der Waals surface area contributed by atoms with E-state index in [0.717, 1.165) is 19.6 Å². The smallest absolute Gasteiger partial charge is 0.334 e. The number of nitrogens with zero attached hydrogens (tertiary/aromatic N) is 2. The van der Waals surface area contributed by atoms with Crippen molar-refractivity contribution in [3.63, 3.8) is 0 Å². The van der Waals surface area contributed by atoms with Crippen LogP contribution in [0.4, 0.5) is 4.79 Å². The van der Waals surface area contributed by atoms with Gasteiger partial charge in [0, 0.05) is 27.2 Å². The zero-order chi connectivity index (χ0) is 14.3. The summed E-state index contributed by atoms with van der Waals surface area (Å²) < 4.78 is 4.74. The standard InChI is InChI=1S/C12H23N3O4/c1-14(7-8-15-5-3-4-6-15)12(18)13-9-10(19-2)11(16)17/h10H,3-9H2,1-2H3,(H,13,18)(H,16,17). The molecule has 1 unspecified atom stereocenters. The molecule has 1 aliphatic rings. The Labute approximate surface area is 113 Å². The summed E-state index contributed by atoms with van der Waals surface area (Å²) in [7, 11) is 3.01. The van der Waals surface area contributed by atoms with Crippen LogP contribution in [0.3, 0.4) is 0 Å². The Morgan fingerprint density at radius 1 is 1.42 bits per heavy atom. The molecule has 1 heterocycles. The van der Waals surface area contributed by atoms with Gasteiger partial charge in [-0.15, -0.1) is 0 Å². The molecule has 110 valence electrons. The number of amides is 2. The highest BCUT2D eigenvalue weighted by Gasteiger charge is 2.19. The number of carboxylic acids is 1. The maximum Gasteiger partial charge on any atom is 0.334 e. The van der Waals surface area contributed by atoms with Crippen LogP contribution in [0.5, 0.6) is 0 Å². The van der Waals surface area contributed by atoms with E-state index in [0.29, 0.717) is 6.54 Å². The van der Waals surface area contributed by atoms with Crippen molar-refractivity contribution in [2.75, 3.05) is 46.9 Å². The van der Waals surface area contributed by atoms with E-state index in [-0.39, 0.29) is 12.6 Å². The second-order valence-corrected chi connectivity index (χ2v) is 4.72. The number of hydrogen-bond acceptors (Lipinski definition) is 4. The van der Waals surface area contributed by atoms with Gasteiger partial charge in [-0.3, -0.25) is 0 Å². The lowest BCUT2D eigenvalue weighted by Gasteiger charge is -2.22. The second kappa shape index (κ2) is 7.96. The maximum atomic E-state index is 11.7. The van der Waals surface area contributed by atoms with Crippen molar-refractivity contribution in [1.82, 2.24) is 15.1 Å². The number of likely N-dealkylation sites (N-methyl/N-ethyl adjacent to an activating group) is 1. The summed E-state index contributed by atoms with van der Waals surface area (Å²) in [5.41, 5.74) is 0. The van der Waals surface area contributed by atoms with Gasteiger partial charge >= 0.3 is 12.0 Å². The molecule has 1 aliphatic heterocycles. The van der Waals surface area contributed by atoms with Crippen LogP contribution in [-0.4, -0.2) is 79.9 Å². The van der Waals surface area contributed by atoms with E-state index in [1.54, 1.807) is 11.9 Å². The van der Waals surface area contributed by atoms with Crippen molar-refractivity contribution in [2.24, 2.45) is 0 Å². The first-order valence-electron chi connectivity index (χ1n) is 6.51. The van der Waals surface area contributed by atoms with E-state index < -0.39 is 12.1 Å². The monoisotopic (exact) mass is 273 g/mol. The minimum atomic E-state index is -1.08.